The minimum absolute atomic E-state index is 0. The summed E-state index contributed by atoms with van der Waals surface area (Å²) in [5.74, 6) is -3.25. The number of carboxylic acids is 3. The van der Waals surface area contributed by atoms with E-state index in [2.05, 4.69) is 0 Å². The molecule has 0 saturated heterocycles. The van der Waals surface area contributed by atoms with E-state index in [4.69, 9.17) is 29.7 Å². The van der Waals surface area contributed by atoms with Crippen molar-refractivity contribution in [3.63, 3.8) is 0 Å². The maximum absolute atomic E-state index is 8.89. The number of carboxylic acid groups (broad SMARTS) is 3. The Morgan fingerprint density at radius 3 is 0.692 bits per heavy atom. The quantitative estimate of drug-likeness (QED) is 0.426. The van der Waals surface area contributed by atoms with Crippen molar-refractivity contribution in [2.24, 2.45) is 0 Å². The van der Waals surface area contributed by atoms with Crippen molar-refractivity contribution in [2.75, 3.05) is 0 Å². The zero-order valence-corrected chi connectivity index (χ0v) is 8.32. The predicted molar refractivity (Wildman–Crippen MR) is 32.0 cm³/mol. The van der Waals surface area contributed by atoms with E-state index in [1.54, 1.807) is 0 Å². The largest absolute Gasteiger partial charge is 3.00 e. The average Bonchev–Trinajstić information content (AvgIpc) is 1.54. The van der Waals surface area contributed by atoms with Crippen LogP contribution in [0.25, 0.3) is 0 Å². The Labute approximate surface area is 85.8 Å². The molecular weight excluding hydrogens is 227 g/mol. The number of aliphatic carboxylic acids is 3. The van der Waals surface area contributed by atoms with E-state index in [-0.39, 0.29) is 16.8 Å². The third-order valence-corrected chi connectivity index (χ3v) is 0. The molecule has 0 aliphatic heterocycles. The van der Waals surface area contributed by atoms with Crippen LogP contribution < -0.4 is 15.3 Å². The number of carbonyl (C=O) groups excluding carboxylic acids is 3. The van der Waals surface area contributed by atoms with Crippen LogP contribution in [0.1, 0.15) is 20.8 Å². The van der Waals surface area contributed by atoms with E-state index >= 15 is 0 Å². The van der Waals surface area contributed by atoms with Crippen LogP contribution in [0.2, 0.25) is 0 Å². The SMILES string of the molecule is CC(=O)[O-].CC(=O)[O-].CC(=O)[O-].[Co+3]. The van der Waals surface area contributed by atoms with Crippen LogP contribution in [0.4, 0.5) is 0 Å². The van der Waals surface area contributed by atoms with Crippen molar-refractivity contribution in [3.05, 3.63) is 0 Å². The molecule has 0 radical (unpaired) electrons. The van der Waals surface area contributed by atoms with Gasteiger partial charge in [-0.15, -0.1) is 0 Å². The monoisotopic (exact) mass is 236 g/mol. The molecule has 6 nitrogen and oxygen atoms in total. The Morgan fingerprint density at radius 1 is 0.692 bits per heavy atom. The molecule has 0 atom stereocenters. The molecule has 78 valence electrons. The van der Waals surface area contributed by atoms with Crippen LogP contribution in [0.15, 0.2) is 0 Å². The summed E-state index contributed by atoms with van der Waals surface area (Å²) in [5, 5.41) is 26.7. The van der Waals surface area contributed by atoms with Gasteiger partial charge in [-0.2, -0.15) is 0 Å². The van der Waals surface area contributed by atoms with Gasteiger partial charge in [0, 0.05) is 17.9 Å². The van der Waals surface area contributed by atoms with Gasteiger partial charge in [0.15, 0.2) is 0 Å². The number of rotatable bonds is 0. The van der Waals surface area contributed by atoms with Gasteiger partial charge in [0.2, 0.25) is 0 Å². The van der Waals surface area contributed by atoms with Crippen LogP contribution in [0.3, 0.4) is 0 Å². The van der Waals surface area contributed by atoms with Gasteiger partial charge in [0.1, 0.15) is 0 Å². The average molecular weight is 236 g/mol. The van der Waals surface area contributed by atoms with Crippen molar-refractivity contribution in [2.45, 2.75) is 20.8 Å². The van der Waals surface area contributed by atoms with Crippen LogP contribution in [-0.2, 0) is 31.2 Å². The van der Waals surface area contributed by atoms with Gasteiger partial charge < -0.3 is 29.7 Å². The first-order chi connectivity index (χ1) is 5.20. The van der Waals surface area contributed by atoms with Crippen molar-refractivity contribution in [3.8, 4) is 0 Å². The Morgan fingerprint density at radius 2 is 0.692 bits per heavy atom. The topological polar surface area (TPSA) is 120 Å². The first kappa shape index (κ1) is 22.7. The molecule has 0 heterocycles. The van der Waals surface area contributed by atoms with Gasteiger partial charge in [-0.3, -0.25) is 0 Å². The van der Waals surface area contributed by atoms with Crippen molar-refractivity contribution >= 4 is 17.9 Å². The molecule has 13 heavy (non-hydrogen) atoms. The standard InChI is InChI=1S/3C2H4O2.Co/c3*1-2(3)4;/h3*1H3,(H,3,4);/q;;;+3/p-3. The summed E-state index contributed by atoms with van der Waals surface area (Å²) in [6.07, 6.45) is 0. The fraction of sp³-hybridized carbons (Fsp3) is 0.500. The van der Waals surface area contributed by atoms with E-state index < -0.39 is 17.9 Å². The number of carbonyl (C=O) groups is 3. The maximum atomic E-state index is 8.89. The minimum atomic E-state index is -1.08. The summed E-state index contributed by atoms with van der Waals surface area (Å²) in [5.41, 5.74) is 0. The molecule has 0 aromatic rings. The molecule has 0 aliphatic carbocycles. The molecule has 0 spiro atoms. The fourth-order valence-corrected chi connectivity index (χ4v) is 0. The van der Waals surface area contributed by atoms with Crippen molar-refractivity contribution < 1.29 is 46.5 Å². The molecule has 0 rings (SSSR count). The summed E-state index contributed by atoms with van der Waals surface area (Å²) < 4.78 is 0. The zero-order chi connectivity index (χ0) is 10.7. The van der Waals surface area contributed by atoms with Gasteiger partial charge in [0.25, 0.3) is 0 Å². The summed E-state index contributed by atoms with van der Waals surface area (Å²) in [7, 11) is 0. The van der Waals surface area contributed by atoms with Crippen LogP contribution in [0, 0.1) is 0 Å². The molecular formula is C6H9CoO6. The predicted octanol–water partition coefficient (Wildman–Crippen LogP) is -3.73. The Bertz CT molecular complexity index is 115. The molecule has 0 unspecified atom stereocenters. The van der Waals surface area contributed by atoms with Gasteiger partial charge in [-0.05, 0) is 20.8 Å². The van der Waals surface area contributed by atoms with Crippen LogP contribution in [0.5, 0.6) is 0 Å². The molecule has 0 aromatic heterocycles. The Hall–Kier alpha value is -1.08. The molecule has 0 fully saturated rings. The van der Waals surface area contributed by atoms with E-state index in [1.807, 2.05) is 0 Å². The summed E-state index contributed by atoms with van der Waals surface area (Å²) in [6.45, 7) is 2.92. The van der Waals surface area contributed by atoms with Crippen LogP contribution >= 0.6 is 0 Å². The van der Waals surface area contributed by atoms with Crippen molar-refractivity contribution in [1.29, 1.82) is 0 Å². The third-order valence-electron chi connectivity index (χ3n) is 0. The summed E-state index contributed by atoms with van der Waals surface area (Å²) >= 11 is 0. The van der Waals surface area contributed by atoms with E-state index in [0.717, 1.165) is 20.8 Å². The van der Waals surface area contributed by atoms with Crippen molar-refractivity contribution in [1.82, 2.24) is 0 Å². The first-order valence-electron chi connectivity index (χ1n) is 2.72. The van der Waals surface area contributed by atoms with E-state index in [1.165, 1.54) is 0 Å². The Balaban J connectivity index is -0.0000000450. The van der Waals surface area contributed by atoms with Gasteiger partial charge in [-0.25, -0.2) is 0 Å². The van der Waals surface area contributed by atoms with Crippen LogP contribution in [-0.4, -0.2) is 17.9 Å². The van der Waals surface area contributed by atoms with E-state index in [9.17, 15) is 0 Å². The van der Waals surface area contributed by atoms with Gasteiger partial charge in [0.05, 0.1) is 0 Å². The smallest absolute Gasteiger partial charge is 0.550 e. The Kier molecular flexibility index (Phi) is 29.9. The molecule has 0 N–H and O–H groups in total. The maximum Gasteiger partial charge on any atom is 3.00 e. The fourth-order valence-electron chi connectivity index (χ4n) is 0. The minimum Gasteiger partial charge on any atom is -0.550 e. The number of hydrogen-bond donors (Lipinski definition) is 0. The summed E-state index contributed by atoms with van der Waals surface area (Å²) in [4.78, 5) is 26.7. The molecule has 0 aromatic carbocycles. The second kappa shape index (κ2) is 17.1. The molecule has 7 heteroatoms. The third kappa shape index (κ3) is 739. The second-order valence-corrected chi connectivity index (χ2v) is 1.47. The van der Waals surface area contributed by atoms with Gasteiger partial charge in [-0.1, -0.05) is 0 Å². The molecule has 0 aliphatic rings. The zero-order valence-electron chi connectivity index (χ0n) is 7.28. The normalized spacial score (nSPS) is 5.77. The molecule has 0 amide bonds. The van der Waals surface area contributed by atoms with E-state index in [0.29, 0.717) is 0 Å². The molecule has 0 saturated carbocycles. The number of hydrogen-bond acceptors (Lipinski definition) is 6. The van der Waals surface area contributed by atoms with Gasteiger partial charge >= 0.3 is 16.8 Å². The second-order valence-electron chi connectivity index (χ2n) is 1.47. The molecule has 0 bridgehead atoms. The first-order valence-corrected chi connectivity index (χ1v) is 2.72. The summed E-state index contributed by atoms with van der Waals surface area (Å²) in [6, 6.07) is 0.